The molecule has 0 fully saturated rings. The van der Waals surface area contributed by atoms with E-state index >= 15 is 0 Å². The van der Waals surface area contributed by atoms with Gasteiger partial charge in [0.05, 0.1) is 28.8 Å². The quantitative estimate of drug-likeness (QED) is 0.397. The predicted octanol–water partition coefficient (Wildman–Crippen LogP) is 4.97. The number of ether oxygens (including phenoxy) is 1. The number of carbonyl (C=O) groups excluding carboxylic acids is 1. The molecule has 2 aromatic carbocycles. The number of aryl methyl sites for hydroxylation is 1. The van der Waals surface area contributed by atoms with Crippen molar-refractivity contribution in [2.75, 3.05) is 12.4 Å². The molecule has 4 aromatic rings. The molecule has 0 bridgehead atoms. The van der Waals surface area contributed by atoms with Gasteiger partial charge in [0.25, 0.3) is 0 Å². The number of benzene rings is 2. The summed E-state index contributed by atoms with van der Waals surface area (Å²) in [5.74, 6) is 0.625. The Morgan fingerprint density at radius 2 is 2.00 bits per heavy atom. The van der Waals surface area contributed by atoms with Gasteiger partial charge in [-0.25, -0.2) is 9.97 Å². The summed E-state index contributed by atoms with van der Waals surface area (Å²) in [6.45, 7) is 3.99. The average Bonchev–Trinajstić information content (AvgIpc) is 3.19. The second-order valence-electron chi connectivity index (χ2n) is 6.85. The van der Waals surface area contributed by atoms with Crippen LogP contribution in [0.5, 0.6) is 5.75 Å². The maximum atomic E-state index is 12.8. The van der Waals surface area contributed by atoms with Crippen LogP contribution in [0.1, 0.15) is 18.9 Å². The Balaban J connectivity index is 1.43. The summed E-state index contributed by atoms with van der Waals surface area (Å²) in [5, 5.41) is 12.1. The fourth-order valence-electron chi connectivity index (χ4n) is 2.90. The first-order valence-corrected chi connectivity index (χ1v) is 11.4. The van der Waals surface area contributed by atoms with Gasteiger partial charge in [0, 0.05) is 5.56 Å². The summed E-state index contributed by atoms with van der Waals surface area (Å²) >= 11 is 2.71. The highest BCUT2D eigenvalue weighted by Gasteiger charge is 2.21. The molecule has 0 saturated heterocycles. The number of thioether (sulfide) groups is 1. The molecule has 1 unspecified atom stereocenters. The molecular formula is C22H21N5O2S2. The molecule has 2 heterocycles. The van der Waals surface area contributed by atoms with Crippen molar-refractivity contribution in [1.82, 2.24) is 20.2 Å². The lowest BCUT2D eigenvalue weighted by Crippen LogP contribution is -2.24. The maximum absolute atomic E-state index is 12.8. The van der Waals surface area contributed by atoms with Gasteiger partial charge in [-0.1, -0.05) is 59.9 Å². The van der Waals surface area contributed by atoms with Crippen molar-refractivity contribution in [2.24, 2.45) is 0 Å². The molecule has 2 aromatic heterocycles. The van der Waals surface area contributed by atoms with E-state index in [-0.39, 0.29) is 11.2 Å². The lowest BCUT2D eigenvalue weighted by Gasteiger charge is -2.12. The molecule has 0 saturated carbocycles. The van der Waals surface area contributed by atoms with Gasteiger partial charge < -0.3 is 10.1 Å². The van der Waals surface area contributed by atoms with Gasteiger partial charge in [-0.2, -0.15) is 0 Å². The zero-order valence-electron chi connectivity index (χ0n) is 17.3. The number of nitrogens with zero attached hydrogens (tertiary/aromatic N) is 4. The lowest BCUT2D eigenvalue weighted by atomic mass is 10.1. The van der Waals surface area contributed by atoms with Crippen molar-refractivity contribution in [3.63, 3.8) is 0 Å². The van der Waals surface area contributed by atoms with Gasteiger partial charge in [0.15, 0.2) is 5.13 Å². The van der Waals surface area contributed by atoms with Crippen LogP contribution in [0.2, 0.25) is 0 Å². The average molecular weight is 452 g/mol. The SMILES string of the molecule is CCC(Sc1ncc(-c2ccc(C)cc2)nn1)C(=O)Nc1nc2ccc(OC)cc2s1. The summed E-state index contributed by atoms with van der Waals surface area (Å²) in [7, 11) is 1.62. The van der Waals surface area contributed by atoms with Crippen molar-refractivity contribution in [3.8, 4) is 17.0 Å². The standard InChI is InChI=1S/C22H21N5O2S2/c1-4-18(20(28)25-22-24-16-10-9-15(29-3)11-19(16)31-22)30-21-23-12-17(26-27-21)14-7-5-13(2)6-8-14/h5-12,18H,4H2,1-3H3,(H,24,25,28). The molecule has 0 radical (unpaired) electrons. The largest absolute Gasteiger partial charge is 0.497 e. The summed E-state index contributed by atoms with van der Waals surface area (Å²) in [6, 6.07) is 13.7. The number of hydrogen-bond acceptors (Lipinski definition) is 8. The van der Waals surface area contributed by atoms with Gasteiger partial charge in [0.2, 0.25) is 11.1 Å². The normalized spacial score (nSPS) is 12.0. The Morgan fingerprint density at radius 1 is 1.19 bits per heavy atom. The molecule has 1 atom stereocenters. The molecule has 0 aliphatic carbocycles. The molecule has 1 amide bonds. The summed E-state index contributed by atoms with van der Waals surface area (Å²) < 4.78 is 6.20. The predicted molar refractivity (Wildman–Crippen MR) is 125 cm³/mol. The molecule has 31 heavy (non-hydrogen) atoms. The number of thiazole rings is 1. The molecule has 7 nitrogen and oxygen atoms in total. The Kier molecular flexibility index (Phi) is 6.43. The number of aromatic nitrogens is 4. The molecule has 4 rings (SSSR count). The number of nitrogens with one attached hydrogen (secondary N) is 1. The summed E-state index contributed by atoms with van der Waals surface area (Å²) in [6.07, 6.45) is 2.31. The van der Waals surface area contributed by atoms with E-state index in [9.17, 15) is 4.79 Å². The topological polar surface area (TPSA) is 89.9 Å². The molecule has 0 aliphatic heterocycles. The Morgan fingerprint density at radius 3 is 2.68 bits per heavy atom. The number of anilines is 1. The van der Waals surface area contributed by atoms with Gasteiger partial charge in [-0.15, -0.1) is 10.2 Å². The van der Waals surface area contributed by atoms with E-state index in [2.05, 4.69) is 25.5 Å². The van der Waals surface area contributed by atoms with E-state index in [1.807, 2.05) is 56.3 Å². The van der Waals surface area contributed by atoms with Crippen molar-refractivity contribution < 1.29 is 9.53 Å². The minimum Gasteiger partial charge on any atom is -0.497 e. The van der Waals surface area contributed by atoms with Crippen molar-refractivity contribution in [1.29, 1.82) is 0 Å². The van der Waals surface area contributed by atoms with Crippen molar-refractivity contribution in [2.45, 2.75) is 30.7 Å². The minimum absolute atomic E-state index is 0.135. The van der Waals surface area contributed by atoms with Crippen molar-refractivity contribution in [3.05, 3.63) is 54.2 Å². The second-order valence-corrected chi connectivity index (χ2v) is 9.05. The highest BCUT2D eigenvalue weighted by atomic mass is 32.2. The van der Waals surface area contributed by atoms with Crippen LogP contribution in [0.3, 0.4) is 0 Å². The molecule has 1 N–H and O–H groups in total. The lowest BCUT2D eigenvalue weighted by molar-refractivity contribution is -0.115. The summed E-state index contributed by atoms with van der Waals surface area (Å²) in [4.78, 5) is 21.7. The Hall–Kier alpha value is -3.04. The molecule has 158 valence electrons. The van der Waals surface area contributed by atoms with E-state index in [4.69, 9.17) is 4.74 Å². The zero-order valence-corrected chi connectivity index (χ0v) is 19.0. The fourth-order valence-corrected chi connectivity index (χ4v) is 4.58. The van der Waals surface area contributed by atoms with E-state index in [1.165, 1.54) is 28.7 Å². The van der Waals surface area contributed by atoms with Crippen LogP contribution >= 0.6 is 23.1 Å². The number of fused-ring (bicyclic) bond motifs is 1. The van der Waals surface area contributed by atoms with Crippen LogP contribution in [0.25, 0.3) is 21.5 Å². The van der Waals surface area contributed by atoms with Crippen LogP contribution in [-0.2, 0) is 4.79 Å². The fraction of sp³-hybridized carbons (Fsp3) is 0.227. The van der Waals surface area contributed by atoms with Gasteiger partial charge in [-0.05, 0) is 31.5 Å². The number of methoxy groups -OCH3 is 1. The highest BCUT2D eigenvalue weighted by molar-refractivity contribution is 8.00. The maximum Gasteiger partial charge on any atom is 0.239 e. The third kappa shape index (κ3) is 5.00. The van der Waals surface area contributed by atoms with Crippen LogP contribution in [0.15, 0.2) is 53.8 Å². The Labute approximate surface area is 188 Å². The van der Waals surface area contributed by atoms with Crippen LogP contribution in [-0.4, -0.2) is 38.4 Å². The highest BCUT2D eigenvalue weighted by Crippen LogP contribution is 2.30. The summed E-state index contributed by atoms with van der Waals surface area (Å²) in [5.41, 5.74) is 3.66. The first kappa shape index (κ1) is 21.2. The van der Waals surface area contributed by atoms with E-state index in [0.717, 1.165) is 21.5 Å². The molecular weight excluding hydrogens is 430 g/mol. The monoisotopic (exact) mass is 451 g/mol. The van der Waals surface area contributed by atoms with Crippen LogP contribution in [0.4, 0.5) is 5.13 Å². The second kappa shape index (κ2) is 9.40. The van der Waals surface area contributed by atoms with E-state index in [0.29, 0.717) is 22.4 Å². The first-order chi connectivity index (χ1) is 15.1. The Bertz CT molecular complexity index is 1190. The minimum atomic E-state index is -0.353. The first-order valence-electron chi connectivity index (χ1n) is 9.74. The van der Waals surface area contributed by atoms with E-state index in [1.54, 1.807) is 13.3 Å². The smallest absolute Gasteiger partial charge is 0.239 e. The van der Waals surface area contributed by atoms with Crippen molar-refractivity contribution >= 4 is 44.4 Å². The van der Waals surface area contributed by atoms with Gasteiger partial charge >= 0.3 is 0 Å². The van der Waals surface area contributed by atoms with E-state index < -0.39 is 0 Å². The number of carbonyl (C=O) groups is 1. The number of rotatable bonds is 7. The molecule has 0 aliphatic rings. The van der Waals surface area contributed by atoms with Gasteiger partial charge in [0.1, 0.15) is 11.4 Å². The third-order valence-corrected chi connectivity index (χ3v) is 6.79. The van der Waals surface area contributed by atoms with Gasteiger partial charge in [-0.3, -0.25) is 4.79 Å². The number of hydrogen-bond donors (Lipinski definition) is 1. The number of amides is 1. The zero-order chi connectivity index (χ0) is 21.8. The molecule has 0 spiro atoms. The third-order valence-electron chi connectivity index (χ3n) is 4.62. The van der Waals surface area contributed by atoms with Crippen LogP contribution < -0.4 is 10.1 Å². The van der Waals surface area contributed by atoms with Crippen LogP contribution in [0, 0.1) is 6.92 Å². The molecule has 9 heteroatoms.